The van der Waals surface area contributed by atoms with Crippen LogP contribution in [0.5, 0.6) is 0 Å². The highest BCUT2D eigenvalue weighted by Gasteiger charge is 2.21. The van der Waals surface area contributed by atoms with E-state index in [9.17, 15) is 4.57 Å². The zero-order valence-corrected chi connectivity index (χ0v) is 11.7. The second kappa shape index (κ2) is 7.31. The molecule has 0 aliphatic carbocycles. The third kappa shape index (κ3) is 4.61. The fourth-order valence-electron chi connectivity index (χ4n) is 1.37. The summed E-state index contributed by atoms with van der Waals surface area (Å²) in [6, 6.07) is 3.95. The Kier molecular flexibility index (Phi) is 6.05. The molecular formula is C12H20N2O3P+. The van der Waals surface area contributed by atoms with E-state index in [2.05, 4.69) is 9.05 Å². The van der Waals surface area contributed by atoms with Crippen LogP contribution in [0.3, 0.4) is 0 Å². The Hall–Kier alpha value is -1.16. The van der Waals surface area contributed by atoms with Crippen molar-refractivity contribution in [2.24, 2.45) is 0 Å². The van der Waals surface area contributed by atoms with E-state index in [1.54, 1.807) is 0 Å². The smallest absolute Gasteiger partial charge is 0.397 e. The lowest BCUT2D eigenvalue weighted by atomic mass is 10.1. The van der Waals surface area contributed by atoms with Gasteiger partial charge in [-0.1, -0.05) is 12.1 Å². The van der Waals surface area contributed by atoms with Crippen molar-refractivity contribution >= 4 is 19.6 Å². The van der Waals surface area contributed by atoms with Gasteiger partial charge in [-0.2, -0.15) is 0 Å². The topological polar surface area (TPSA) is 87.6 Å². The Balaban J connectivity index is 0.000000184. The van der Waals surface area contributed by atoms with Gasteiger partial charge in [0.25, 0.3) is 0 Å². The highest BCUT2D eigenvalue weighted by molar-refractivity contribution is 7.33. The van der Waals surface area contributed by atoms with Crippen LogP contribution in [0.1, 0.15) is 24.0 Å². The van der Waals surface area contributed by atoms with Crippen LogP contribution in [-0.4, -0.2) is 13.2 Å². The predicted molar refractivity (Wildman–Crippen MR) is 73.5 cm³/mol. The second-order valence-electron chi connectivity index (χ2n) is 4.12. The first-order valence-electron chi connectivity index (χ1n) is 5.86. The largest absolute Gasteiger partial charge is 0.697 e. The van der Waals surface area contributed by atoms with Gasteiger partial charge >= 0.3 is 8.25 Å². The molecule has 18 heavy (non-hydrogen) atoms. The first-order chi connectivity index (χ1) is 8.52. The van der Waals surface area contributed by atoms with Crippen molar-refractivity contribution in [3.05, 3.63) is 23.3 Å². The Bertz CT molecular complexity index is 387. The highest BCUT2D eigenvalue weighted by Crippen LogP contribution is 2.26. The van der Waals surface area contributed by atoms with Crippen molar-refractivity contribution in [2.75, 3.05) is 24.7 Å². The average Bonchev–Trinajstić information content (AvgIpc) is 2.60. The van der Waals surface area contributed by atoms with Gasteiger partial charge in [0.1, 0.15) is 13.2 Å². The summed E-state index contributed by atoms with van der Waals surface area (Å²) in [5, 5.41) is 0. The Morgan fingerprint density at radius 1 is 1.00 bits per heavy atom. The first-order valence-corrected chi connectivity index (χ1v) is 6.96. The maximum atomic E-state index is 10.4. The van der Waals surface area contributed by atoms with Crippen LogP contribution < -0.4 is 11.5 Å². The average molecular weight is 271 g/mol. The van der Waals surface area contributed by atoms with Crippen LogP contribution in [-0.2, 0) is 13.6 Å². The molecule has 1 aliphatic heterocycles. The van der Waals surface area contributed by atoms with Crippen LogP contribution in [0.2, 0.25) is 0 Å². The molecule has 1 saturated heterocycles. The molecule has 0 radical (unpaired) electrons. The van der Waals surface area contributed by atoms with Crippen LogP contribution in [0.25, 0.3) is 0 Å². The van der Waals surface area contributed by atoms with Crippen LogP contribution in [0, 0.1) is 13.8 Å². The molecular weight excluding hydrogens is 251 g/mol. The first kappa shape index (κ1) is 14.9. The maximum Gasteiger partial charge on any atom is 0.697 e. The monoisotopic (exact) mass is 271 g/mol. The van der Waals surface area contributed by atoms with Crippen molar-refractivity contribution in [3.8, 4) is 0 Å². The number of nitrogens with two attached hydrogens (primary N) is 2. The van der Waals surface area contributed by atoms with Crippen LogP contribution >= 0.6 is 8.25 Å². The minimum atomic E-state index is -1.77. The summed E-state index contributed by atoms with van der Waals surface area (Å²) in [6.07, 6.45) is 1.92. The summed E-state index contributed by atoms with van der Waals surface area (Å²) in [7, 11) is -1.77. The molecule has 0 spiro atoms. The molecule has 1 fully saturated rings. The summed E-state index contributed by atoms with van der Waals surface area (Å²) in [5.41, 5.74) is 14.8. The number of hydrogen-bond acceptors (Lipinski definition) is 5. The highest BCUT2D eigenvalue weighted by atomic mass is 31.1. The molecule has 0 atom stereocenters. The number of nitrogen functional groups attached to an aromatic ring is 2. The van der Waals surface area contributed by atoms with Gasteiger partial charge in [-0.3, -0.25) is 0 Å². The summed E-state index contributed by atoms with van der Waals surface area (Å²) in [5.74, 6) is 0. The van der Waals surface area contributed by atoms with E-state index >= 15 is 0 Å². The van der Waals surface area contributed by atoms with E-state index < -0.39 is 8.25 Å². The molecule has 0 amide bonds. The minimum Gasteiger partial charge on any atom is -0.397 e. The Labute approximate surface area is 108 Å². The van der Waals surface area contributed by atoms with Gasteiger partial charge in [0.15, 0.2) is 0 Å². The minimum absolute atomic E-state index is 0.579. The van der Waals surface area contributed by atoms with Gasteiger partial charge in [0.2, 0.25) is 0 Å². The van der Waals surface area contributed by atoms with Crippen LogP contribution in [0.15, 0.2) is 12.1 Å². The normalized spacial score (nSPS) is 15.6. The van der Waals surface area contributed by atoms with E-state index in [4.69, 9.17) is 11.5 Å². The molecule has 0 unspecified atom stereocenters. The lowest BCUT2D eigenvalue weighted by Crippen LogP contribution is -1.98. The summed E-state index contributed by atoms with van der Waals surface area (Å²) < 4.78 is 19.8. The number of anilines is 2. The molecule has 2 rings (SSSR count). The standard InChI is InChI=1S/C8H12N2.C4H8O3P/c1-5-3-4-6(2)8(10)7(5)9;5-8-6-3-1-2-4-7-8/h3-4H,9-10H2,1-2H3;1-4H2/q;+1. The summed E-state index contributed by atoms with van der Waals surface area (Å²) in [4.78, 5) is 0. The lowest BCUT2D eigenvalue weighted by molar-refractivity contribution is 0.263. The number of hydrogen-bond donors (Lipinski definition) is 2. The molecule has 5 nitrogen and oxygen atoms in total. The molecule has 4 N–H and O–H groups in total. The number of aryl methyl sites for hydroxylation is 2. The third-order valence-corrected chi connectivity index (χ3v) is 3.44. The predicted octanol–water partition coefficient (Wildman–Crippen LogP) is 2.94. The fourth-order valence-corrected chi connectivity index (χ4v) is 2.00. The second-order valence-corrected chi connectivity index (χ2v) is 5.09. The van der Waals surface area contributed by atoms with Crippen molar-refractivity contribution in [1.82, 2.24) is 0 Å². The van der Waals surface area contributed by atoms with Crippen molar-refractivity contribution in [3.63, 3.8) is 0 Å². The van der Waals surface area contributed by atoms with Crippen LogP contribution in [0.4, 0.5) is 11.4 Å². The van der Waals surface area contributed by atoms with Crippen molar-refractivity contribution in [2.45, 2.75) is 26.7 Å². The molecule has 6 heteroatoms. The third-order valence-electron chi connectivity index (χ3n) is 2.66. The molecule has 1 aromatic carbocycles. The lowest BCUT2D eigenvalue weighted by Gasteiger charge is -2.05. The molecule has 100 valence electrons. The SMILES string of the molecule is Cc1ccc(C)c(N)c1N.O=[P+]1OCCCCO1. The van der Waals surface area contributed by atoms with E-state index in [-0.39, 0.29) is 0 Å². The molecule has 1 aliphatic rings. The van der Waals surface area contributed by atoms with E-state index in [0.717, 1.165) is 24.0 Å². The summed E-state index contributed by atoms with van der Waals surface area (Å²) in [6.45, 7) is 5.06. The van der Waals surface area contributed by atoms with Gasteiger partial charge in [-0.15, -0.1) is 9.05 Å². The van der Waals surface area contributed by atoms with Gasteiger partial charge < -0.3 is 11.5 Å². The van der Waals surface area contributed by atoms with E-state index in [1.807, 2.05) is 26.0 Å². The molecule has 1 heterocycles. The number of benzene rings is 1. The fraction of sp³-hybridized carbons (Fsp3) is 0.500. The Morgan fingerprint density at radius 2 is 1.39 bits per heavy atom. The molecule has 0 saturated carbocycles. The van der Waals surface area contributed by atoms with Gasteiger partial charge in [-0.05, 0) is 37.8 Å². The van der Waals surface area contributed by atoms with E-state index in [0.29, 0.717) is 24.6 Å². The maximum absolute atomic E-state index is 10.4. The van der Waals surface area contributed by atoms with Gasteiger partial charge in [0, 0.05) is 4.57 Å². The van der Waals surface area contributed by atoms with Crippen molar-refractivity contribution < 1.29 is 13.6 Å². The quantitative estimate of drug-likeness (QED) is 0.559. The summed E-state index contributed by atoms with van der Waals surface area (Å²) >= 11 is 0. The zero-order chi connectivity index (χ0) is 13.5. The van der Waals surface area contributed by atoms with Crippen molar-refractivity contribution in [1.29, 1.82) is 0 Å². The van der Waals surface area contributed by atoms with Gasteiger partial charge in [0.05, 0.1) is 11.4 Å². The molecule has 0 aromatic heterocycles. The molecule has 0 bridgehead atoms. The molecule has 1 aromatic rings. The van der Waals surface area contributed by atoms with E-state index in [1.165, 1.54) is 0 Å². The van der Waals surface area contributed by atoms with Gasteiger partial charge in [-0.25, -0.2) is 0 Å². The zero-order valence-electron chi connectivity index (χ0n) is 10.8. The number of rotatable bonds is 0. The Morgan fingerprint density at radius 3 is 1.78 bits per heavy atom.